The zero-order valence-electron chi connectivity index (χ0n) is 13.2. The van der Waals surface area contributed by atoms with Crippen LogP contribution in [0, 0.1) is 0 Å². The van der Waals surface area contributed by atoms with Gasteiger partial charge in [0.1, 0.15) is 0 Å². The van der Waals surface area contributed by atoms with Gasteiger partial charge in [-0.1, -0.05) is 26.8 Å². The molecule has 0 saturated carbocycles. The second-order valence-electron chi connectivity index (χ2n) is 6.22. The van der Waals surface area contributed by atoms with Crippen LogP contribution in [0.25, 0.3) is 0 Å². The van der Waals surface area contributed by atoms with Crippen molar-refractivity contribution < 1.29 is 4.43 Å². The average molecular weight is 282 g/mol. The van der Waals surface area contributed by atoms with Crippen LogP contribution in [0.5, 0.6) is 0 Å². The Kier molecular flexibility index (Phi) is 5.27. The van der Waals surface area contributed by atoms with Crippen molar-refractivity contribution in [2.45, 2.75) is 77.2 Å². The molecule has 0 N–H and O–H groups in total. The molecule has 0 bridgehead atoms. The van der Waals surface area contributed by atoms with Gasteiger partial charge in [0, 0.05) is 12.6 Å². The Bertz CT molecular complexity index is 316. The molecule has 0 unspecified atom stereocenters. The molecule has 3 heteroatoms. The van der Waals surface area contributed by atoms with E-state index < -0.39 is 8.32 Å². The number of hydrogen-bond donors (Lipinski definition) is 0. The monoisotopic (exact) mass is 281 g/mol. The van der Waals surface area contributed by atoms with Crippen LogP contribution in [0.4, 0.5) is 0 Å². The number of piperidine rings is 1. The summed E-state index contributed by atoms with van der Waals surface area (Å²) in [5.41, 5.74) is 1.55. The molecule has 0 radical (unpaired) electrons. The minimum atomic E-state index is -1.47. The zero-order valence-corrected chi connectivity index (χ0v) is 14.2. The molecule has 0 aromatic heterocycles. The van der Waals surface area contributed by atoms with Gasteiger partial charge >= 0.3 is 0 Å². The minimum absolute atomic E-state index is 0.427. The molecule has 2 aliphatic heterocycles. The summed E-state index contributed by atoms with van der Waals surface area (Å²) in [6.07, 6.45) is 6.76. The summed E-state index contributed by atoms with van der Waals surface area (Å²) < 4.78 is 6.78. The highest BCUT2D eigenvalue weighted by atomic mass is 28.4. The van der Waals surface area contributed by atoms with Crippen molar-refractivity contribution in [3.8, 4) is 0 Å². The zero-order chi connectivity index (χ0) is 13.9. The van der Waals surface area contributed by atoms with Crippen LogP contribution < -0.4 is 0 Å². The van der Waals surface area contributed by atoms with E-state index in [9.17, 15) is 0 Å². The van der Waals surface area contributed by atoms with Gasteiger partial charge in [0.05, 0.1) is 6.10 Å². The van der Waals surface area contributed by atoms with E-state index in [1.807, 2.05) is 0 Å². The Morgan fingerprint density at radius 2 is 1.95 bits per heavy atom. The number of rotatable bonds is 5. The van der Waals surface area contributed by atoms with Crippen molar-refractivity contribution in [1.82, 2.24) is 4.90 Å². The molecule has 2 aliphatic rings. The highest BCUT2D eigenvalue weighted by Crippen LogP contribution is 2.35. The van der Waals surface area contributed by atoms with Gasteiger partial charge in [0.15, 0.2) is 8.32 Å². The van der Waals surface area contributed by atoms with Crippen LogP contribution in [0.2, 0.25) is 18.1 Å². The van der Waals surface area contributed by atoms with Gasteiger partial charge < -0.3 is 4.43 Å². The van der Waals surface area contributed by atoms with Crippen LogP contribution in [-0.2, 0) is 4.43 Å². The Balaban J connectivity index is 2.09. The van der Waals surface area contributed by atoms with E-state index in [0.717, 1.165) is 12.6 Å². The van der Waals surface area contributed by atoms with Gasteiger partial charge in [-0.2, -0.15) is 0 Å². The fourth-order valence-corrected chi connectivity index (χ4v) is 6.66. The Hall–Kier alpha value is -0.123. The molecule has 0 aromatic carbocycles. The van der Waals surface area contributed by atoms with Gasteiger partial charge in [-0.25, -0.2) is 0 Å². The van der Waals surface area contributed by atoms with Gasteiger partial charge in [-0.15, -0.1) is 0 Å². The maximum Gasteiger partial charge on any atom is 0.192 e. The van der Waals surface area contributed by atoms with Gasteiger partial charge in [0.25, 0.3) is 0 Å². The number of allylic oxidation sites excluding steroid dienone is 1. The average Bonchev–Trinajstić information content (AvgIpc) is 2.91. The molecule has 2 fully saturated rings. The van der Waals surface area contributed by atoms with E-state index >= 15 is 0 Å². The second-order valence-corrected chi connectivity index (χ2v) is 10.9. The summed E-state index contributed by atoms with van der Waals surface area (Å²) >= 11 is 0. The number of nitrogens with zero attached hydrogens (tertiary/aromatic N) is 1. The van der Waals surface area contributed by atoms with E-state index in [-0.39, 0.29) is 0 Å². The highest BCUT2D eigenvalue weighted by Gasteiger charge is 2.39. The molecule has 0 spiro atoms. The van der Waals surface area contributed by atoms with E-state index in [4.69, 9.17) is 4.43 Å². The third kappa shape index (κ3) is 3.14. The van der Waals surface area contributed by atoms with Crippen molar-refractivity contribution in [3.63, 3.8) is 0 Å². The Labute approximate surface area is 120 Å². The van der Waals surface area contributed by atoms with Gasteiger partial charge in [-0.05, 0) is 56.4 Å². The van der Waals surface area contributed by atoms with Crippen LogP contribution in [0.15, 0.2) is 11.6 Å². The minimum Gasteiger partial charge on any atom is -0.410 e. The maximum atomic E-state index is 6.78. The highest BCUT2D eigenvalue weighted by molar-refractivity contribution is 6.73. The number of fused-ring (bicyclic) bond motifs is 1. The third-order valence-corrected chi connectivity index (χ3v) is 10.1. The summed E-state index contributed by atoms with van der Waals surface area (Å²) in [5, 5.41) is 0. The Morgan fingerprint density at radius 1 is 1.26 bits per heavy atom. The maximum absolute atomic E-state index is 6.78. The van der Waals surface area contributed by atoms with Crippen LogP contribution in [0.3, 0.4) is 0 Å². The lowest BCUT2D eigenvalue weighted by Crippen LogP contribution is -2.48. The smallest absolute Gasteiger partial charge is 0.192 e. The van der Waals surface area contributed by atoms with E-state index in [2.05, 4.69) is 38.7 Å². The number of hydrogen-bond acceptors (Lipinski definition) is 2. The summed E-state index contributed by atoms with van der Waals surface area (Å²) in [6, 6.07) is 4.59. The molecular formula is C16H31NOSi. The summed E-state index contributed by atoms with van der Waals surface area (Å²) in [4.78, 5) is 2.67. The van der Waals surface area contributed by atoms with Crippen LogP contribution in [-0.4, -0.2) is 38.5 Å². The largest absolute Gasteiger partial charge is 0.410 e. The van der Waals surface area contributed by atoms with Crippen molar-refractivity contribution in [3.05, 3.63) is 11.6 Å². The summed E-state index contributed by atoms with van der Waals surface area (Å²) in [7, 11) is -1.47. The molecule has 19 heavy (non-hydrogen) atoms. The fraction of sp³-hybridized carbons (Fsp3) is 0.875. The van der Waals surface area contributed by atoms with Crippen molar-refractivity contribution >= 4 is 8.32 Å². The van der Waals surface area contributed by atoms with E-state index in [1.165, 1.54) is 43.9 Å². The fourth-order valence-electron chi connectivity index (χ4n) is 3.81. The first kappa shape index (κ1) is 15.3. The Morgan fingerprint density at radius 3 is 2.53 bits per heavy atom. The summed E-state index contributed by atoms with van der Waals surface area (Å²) in [6.45, 7) is 11.6. The molecule has 110 valence electrons. The molecule has 0 amide bonds. The molecule has 2 heterocycles. The van der Waals surface area contributed by atoms with E-state index in [0.29, 0.717) is 6.10 Å². The van der Waals surface area contributed by atoms with Crippen molar-refractivity contribution in [2.75, 3.05) is 13.1 Å². The van der Waals surface area contributed by atoms with Gasteiger partial charge in [-0.3, -0.25) is 4.90 Å². The first-order valence-electron chi connectivity index (χ1n) is 8.25. The lowest BCUT2D eigenvalue weighted by atomic mass is 9.95. The molecule has 2 saturated heterocycles. The third-order valence-electron chi connectivity index (χ3n) is 5.48. The predicted octanol–water partition coefficient (Wildman–Crippen LogP) is 4.19. The first-order chi connectivity index (χ1) is 9.18. The first-order valence-corrected chi connectivity index (χ1v) is 10.8. The topological polar surface area (TPSA) is 12.5 Å². The molecular weight excluding hydrogens is 250 g/mol. The standard InChI is InChI=1S/C16H31NOSi/c1-5-14-13-17-11-9-10-15(17)12-16(14)18-19(6-2,7-3)8-4/h5,15-16H,6-13H2,1-4H3/b14-5+/t15-,16+/m0/s1. The summed E-state index contributed by atoms with van der Waals surface area (Å²) in [5.74, 6) is 0. The SMILES string of the molecule is C/C=C1\CN2CCC[C@H]2C[C@H]1O[Si](CC)(CC)CC. The van der Waals surface area contributed by atoms with Crippen LogP contribution >= 0.6 is 0 Å². The van der Waals surface area contributed by atoms with Gasteiger partial charge in [0.2, 0.25) is 0 Å². The lowest BCUT2D eigenvalue weighted by molar-refractivity contribution is 0.116. The molecule has 2 rings (SSSR count). The lowest BCUT2D eigenvalue weighted by Gasteiger charge is -2.41. The normalized spacial score (nSPS) is 30.8. The van der Waals surface area contributed by atoms with Crippen molar-refractivity contribution in [2.24, 2.45) is 0 Å². The molecule has 0 aromatic rings. The molecule has 2 atom stereocenters. The van der Waals surface area contributed by atoms with Crippen LogP contribution in [0.1, 0.15) is 47.0 Å². The van der Waals surface area contributed by atoms with Crippen molar-refractivity contribution in [1.29, 1.82) is 0 Å². The molecule has 2 nitrogen and oxygen atoms in total. The molecule has 0 aliphatic carbocycles. The predicted molar refractivity (Wildman–Crippen MR) is 85.0 cm³/mol. The quantitative estimate of drug-likeness (QED) is 0.553. The second kappa shape index (κ2) is 6.55. The van der Waals surface area contributed by atoms with E-state index in [1.54, 1.807) is 5.57 Å².